The number of nitrogens with zero attached hydrogens (tertiary/aromatic N) is 3. The van der Waals surface area contributed by atoms with Gasteiger partial charge in [-0.2, -0.15) is 5.10 Å². The van der Waals surface area contributed by atoms with Crippen molar-refractivity contribution in [3.63, 3.8) is 0 Å². The smallest absolute Gasteiger partial charge is 0.158 e. The Kier molecular flexibility index (Phi) is 5.13. The van der Waals surface area contributed by atoms with Crippen molar-refractivity contribution in [2.24, 2.45) is 7.05 Å². The van der Waals surface area contributed by atoms with E-state index in [1.165, 1.54) is 5.56 Å². The Balaban J connectivity index is 1.89. The van der Waals surface area contributed by atoms with Crippen LogP contribution in [-0.2, 0) is 33.8 Å². The molecule has 0 aliphatic rings. The van der Waals surface area contributed by atoms with Gasteiger partial charge in [0.25, 0.3) is 0 Å². The summed E-state index contributed by atoms with van der Waals surface area (Å²) in [5.41, 5.74) is 6.55. The minimum Gasteiger partial charge on any atom is -0.250 e. The Morgan fingerprint density at radius 1 is 1.00 bits per heavy atom. The van der Waals surface area contributed by atoms with Gasteiger partial charge in [0.2, 0.25) is 0 Å². The first kappa shape index (κ1) is 20.5. The molecule has 2 heterocycles. The van der Waals surface area contributed by atoms with Crippen molar-refractivity contribution in [2.45, 2.75) is 58.5 Å². The highest BCUT2D eigenvalue weighted by atomic mass is 32.2. The van der Waals surface area contributed by atoms with Gasteiger partial charge in [-0.1, -0.05) is 32.9 Å². The summed E-state index contributed by atoms with van der Waals surface area (Å²) in [6.07, 6.45) is 1.64. The summed E-state index contributed by atoms with van der Waals surface area (Å²) in [7, 11) is -1.48. The molecule has 28 heavy (non-hydrogen) atoms. The molecule has 0 bridgehead atoms. The standard InChI is InChI=1S/C22H29N3O2S/c1-14-8-18(22(4,5)6)9-15(2)20(14)13-28(26,27)12-17-10-19-16(3)24-25(7)21(19)23-11-17/h8-11H,12-13H2,1-7H3. The maximum Gasteiger partial charge on any atom is 0.158 e. The predicted octanol–water partition coefficient (Wildman–Crippen LogP) is 4.31. The van der Waals surface area contributed by atoms with Crippen LogP contribution in [0.15, 0.2) is 24.4 Å². The zero-order valence-electron chi connectivity index (χ0n) is 17.8. The van der Waals surface area contributed by atoms with Crippen LogP contribution in [0.1, 0.15) is 54.3 Å². The van der Waals surface area contributed by atoms with Gasteiger partial charge in [-0.3, -0.25) is 4.68 Å². The molecule has 1 aromatic carbocycles. The number of benzene rings is 1. The van der Waals surface area contributed by atoms with Crippen LogP contribution in [0.4, 0.5) is 0 Å². The fourth-order valence-corrected chi connectivity index (χ4v) is 5.27. The van der Waals surface area contributed by atoms with Gasteiger partial charge in [-0.15, -0.1) is 0 Å². The second kappa shape index (κ2) is 6.99. The number of pyridine rings is 1. The summed E-state index contributed by atoms with van der Waals surface area (Å²) < 4.78 is 27.6. The molecule has 3 rings (SSSR count). The van der Waals surface area contributed by atoms with E-state index in [1.54, 1.807) is 10.9 Å². The van der Waals surface area contributed by atoms with Crippen molar-refractivity contribution in [3.8, 4) is 0 Å². The Morgan fingerprint density at radius 2 is 1.61 bits per heavy atom. The average Bonchev–Trinajstić information content (AvgIpc) is 2.83. The summed E-state index contributed by atoms with van der Waals surface area (Å²) in [6, 6.07) is 6.12. The highest BCUT2D eigenvalue weighted by molar-refractivity contribution is 7.89. The largest absolute Gasteiger partial charge is 0.250 e. The minimum absolute atomic E-state index is 0.0236. The van der Waals surface area contributed by atoms with Gasteiger partial charge < -0.3 is 0 Å². The number of rotatable bonds is 4. The Hall–Kier alpha value is -2.21. The number of sulfone groups is 1. The summed E-state index contributed by atoms with van der Waals surface area (Å²) in [6.45, 7) is 12.4. The molecule has 0 amide bonds. The van der Waals surface area contributed by atoms with Gasteiger partial charge in [0.05, 0.1) is 17.2 Å². The fourth-order valence-electron chi connectivity index (χ4n) is 3.61. The first-order valence-corrected chi connectivity index (χ1v) is 11.3. The molecule has 0 atom stereocenters. The Labute approximate surface area is 167 Å². The van der Waals surface area contributed by atoms with Crippen LogP contribution in [0.25, 0.3) is 11.0 Å². The van der Waals surface area contributed by atoms with Crippen molar-refractivity contribution < 1.29 is 8.42 Å². The zero-order valence-corrected chi connectivity index (χ0v) is 18.6. The lowest BCUT2D eigenvalue weighted by molar-refractivity contribution is 0.588. The second-order valence-electron chi connectivity index (χ2n) is 8.79. The molecule has 0 radical (unpaired) electrons. The summed E-state index contributed by atoms with van der Waals surface area (Å²) in [5, 5.41) is 5.25. The topological polar surface area (TPSA) is 64.8 Å². The normalized spacial score (nSPS) is 12.7. The molecule has 0 aliphatic carbocycles. The van der Waals surface area contributed by atoms with Gasteiger partial charge >= 0.3 is 0 Å². The van der Waals surface area contributed by atoms with E-state index in [0.29, 0.717) is 5.56 Å². The molecule has 6 heteroatoms. The Morgan fingerprint density at radius 3 is 2.18 bits per heavy atom. The molecule has 0 spiro atoms. The zero-order chi connectivity index (χ0) is 20.9. The Bertz CT molecular complexity index is 1130. The maximum atomic E-state index is 12.9. The highest BCUT2D eigenvalue weighted by Crippen LogP contribution is 2.28. The van der Waals surface area contributed by atoms with Crippen molar-refractivity contribution in [2.75, 3.05) is 0 Å². The van der Waals surface area contributed by atoms with Gasteiger partial charge in [-0.05, 0) is 60.1 Å². The third kappa shape index (κ3) is 4.12. The minimum atomic E-state index is -3.32. The molecule has 0 fully saturated rings. The molecule has 2 aromatic heterocycles. The van der Waals surface area contributed by atoms with E-state index in [4.69, 9.17) is 0 Å². The van der Waals surface area contributed by atoms with E-state index >= 15 is 0 Å². The number of hydrogen-bond donors (Lipinski definition) is 0. The van der Waals surface area contributed by atoms with Crippen molar-refractivity contribution in [3.05, 3.63) is 57.9 Å². The van der Waals surface area contributed by atoms with E-state index in [0.717, 1.165) is 33.4 Å². The lowest BCUT2D eigenvalue weighted by Crippen LogP contribution is -2.14. The van der Waals surface area contributed by atoms with Crippen LogP contribution >= 0.6 is 0 Å². The van der Waals surface area contributed by atoms with Crippen molar-refractivity contribution in [1.82, 2.24) is 14.8 Å². The van der Waals surface area contributed by atoms with Crippen LogP contribution in [-0.4, -0.2) is 23.2 Å². The first-order valence-electron chi connectivity index (χ1n) is 9.46. The number of aromatic nitrogens is 3. The number of hydrogen-bond acceptors (Lipinski definition) is 4. The molecule has 0 saturated heterocycles. The third-order valence-electron chi connectivity index (χ3n) is 5.23. The second-order valence-corrected chi connectivity index (χ2v) is 10.9. The van der Waals surface area contributed by atoms with Crippen molar-refractivity contribution in [1.29, 1.82) is 0 Å². The van der Waals surface area contributed by atoms with Crippen LogP contribution in [0, 0.1) is 20.8 Å². The van der Waals surface area contributed by atoms with Gasteiger partial charge in [0.1, 0.15) is 0 Å². The van der Waals surface area contributed by atoms with Crippen LogP contribution in [0.2, 0.25) is 0 Å². The van der Waals surface area contributed by atoms with E-state index < -0.39 is 9.84 Å². The number of aryl methyl sites for hydroxylation is 4. The molecular formula is C22H29N3O2S. The molecule has 150 valence electrons. The summed E-state index contributed by atoms with van der Waals surface area (Å²) >= 11 is 0. The van der Waals surface area contributed by atoms with Gasteiger partial charge in [-0.25, -0.2) is 13.4 Å². The van der Waals surface area contributed by atoms with Crippen molar-refractivity contribution >= 4 is 20.9 Å². The molecule has 0 aliphatic heterocycles. The maximum absolute atomic E-state index is 12.9. The molecule has 0 N–H and O–H groups in total. The molecule has 0 unspecified atom stereocenters. The van der Waals surface area contributed by atoms with Gasteiger partial charge in [0, 0.05) is 18.6 Å². The predicted molar refractivity (Wildman–Crippen MR) is 114 cm³/mol. The average molecular weight is 400 g/mol. The summed E-state index contributed by atoms with van der Waals surface area (Å²) in [4.78, 5) is 4.40. The lowest BCUT2D eigenvalue weighted by Gasteiger charge is -2.22. The lowest BCUT2D eigenvalue weighted by atomic mass is 9.84. The van der Waals surface area contributed by atoms with Crippen LogP contribution < -0.4 is 0 Å². The molecule has 5 nitrogen and oxygen atoms in total. The quantitative estimate of drug-likeness (QED) is 0.656. The fraction of sp³-hybridized carbons (Fsp3) is 0.455. The molecule has 3 aromatic rings. The van der Waals surface area contributed by atoms with E-state index in [-0.39, 0.29) is 16.9 Å². The van der Waals surface area contributed by atoms with E-state index in [1.807, 2.05) is 33.9 Å². The first-order chi connectivity index (χ1) is 12.9. The van der Waals surface area contributed by atoms with E-state index in [2.05, 4.69) is 43.0 Å². The van der Waals surface area contributed by atoms with Gasteiger partial charge in [0.15, 0.2) is 15.5 Å². The summed E-state index contributed by atoms with van der Waals surface area (Å²) in [5.74, 6) is 0.0172. The SMILES string of the molecule is Cc1cc(C(C)(C)C)cc(C)c1CS(=O)(=O)Cc1cnc2c(c1)c(C)nn2C. The monoisotopic (exact) mass is 399 g/mol. The molecular weight excluding hydrogens is 370 g/mol. The highest BCUT2D eigenvalue weighted by Gasteiger charge is 2.21. The molecule has 0 saturated carbocycles. The van der Waals surface area contributed by atoms with Crippen LogP contribution in [0.3, 0.4) is 0 Å². The van der Waals surface area contributed by atoms with E-state index in [9.17, 15) is 8.42 Å². The number of fused-ring (bicyclic) bond motifs is 1. The third-order valence-corrected chi connectivity index (χ3v) is 6.73. The van der Waals surface area contributed by atoms with Crippen LogP contribution in [0.5, 0.6) is 0 Å².